The molecule has 0 aliphatic carbocycles. The molecule has 2 N–H and O–H groups in total. The molecule has 0 aromatic heterocycles. The number of methoxy groups -OCH3 is 1. The fourth-order valence-corrected chi connectivity index (χ4v) is 3.43. The highest BCUT2D eigenvalue weighted by Crippen LogP contribution is 2.30. The third-order valence-electron chi connectivity index (χ3n) is 5.17. The highest BCUT2D eigenvalue weighted by Gasteiger charge is 2.14. The molecular formula is C25H36IN3O4. The van der Waals surface area contributed by atoms with Crippen LogP contribution in [0.1, 0.15) is 37.8 Å². The third-order valence-corrected chi connectivity index (χ3v) is 5.17. The molecule has 0 saturated carbocycles. The molecule has 1 aliphatic heterocycles. The Morgan fingerprint density at radius 2 is 1.76 bits per heavy atom. The van der Waals surface area contributed by atoms with Crippen molar-refractivity contribution in [3.8, 4) is 11.5 Å². The van der Waals surface area contributed by atoms with Gasteiger partial charge in [0.15, 0.2) is 17.5 Å². The number of rotatable bonds is 10. The molecular weight excluding hydrogens is 533 g/mol. The highest BCUT2D eigenvalue weighted by molar-refractivity contribution is 14.0. The van der Waals surface area contributed by atoms with Gasteiger partial charge in [0, 0.05) is 31.5 Å². The first-order chi connectivity index (χ1) is 15.7. The van der Waals surface area contributed by atoms with Gasteiger partial charge in [0.05, 0.1) is 33.0 Å². The second-order valence-corrected chi connectivity index (χ2v) is 7.56. The third kappa shape index (κ3) is 9.02. The van der Waals surface area contributed by atoms with Gasteiger partial charge in [0.2, 0.25) is 0 Å². The SMILES string of the molecule is CCNC(=NCc1ccc(COC2CCOCC2)cc1)Nc1ccc(OCC)c(OC)c1.I. The summed E-state index contributed by atoms with van der Waals surface area (Å²) < 4.78 is 22.4. The average Bonchev–Trinajstić information content (AvgIpc) is 2.83. The molecule has 0 spiro atoms. The zero-order valence-corrected chi connectivity index (χ0v) is 22.1. The van der Waals surface area contributed by atoms with Crippen LogP contribution in [-0.4, -0.2) is 45.5 Å². The summed E-state index contributed by atoms with van der Waals surface area (Å²) in [6, 6.07) is 14.2. The van der Waals surface area contributed by atoms with Crippen LogP contribution in [0.3, 0.4) is 0 Å². The minimum Gasteiger partial charge on any atom is -0.493 e. The average molecular weight is 569 g/mol. The van der Waals surface area contributed by atoms with Gasteiger partial charge in [-0.1, -0.05) is 24.3 Å². The van der Waals surface area contributed by atoms with Crippen molar-refractivity contribution in [2.24, 2.45) is 4.99 Å². The zero-order chi connectivity index (χ0) is 22.6. The van der Waals surface area contributed by atoms with E-state index in [1.54, 1.807) is 7.11 Å². The van der Waals surface area contributed by atoms with E-state index in [2.05, 4.69) is 34.9 Å². The molecule has 1 aliphatic rings. The Hall–Kier alpha value is -2.04. The molecule has 3 rings (SSSR count). The zero-order valence-electron chi connectivity index (χ0n) is 19.8. The Kier molecular flexibility index (Phi) is 12.3. The van der Waals surface area contributed by atoms with Gasteiger partial charge < -0.3 is 29.6 Å². The Bertz CT molecular complexity index is 855. The van der Waals surface area contributed by atoms with Gasteiger partial charge in [-0.25, -0.2) is 4.99 Å². The van der Waals surface area contributed by atoms with Crippen LogP contribution in [-0.2, 0) is 22.6 Å². The highest BCUT2D eigenvalue weighted by atomic mass is 127. The molecule has 0 atom stereocenters. The van der Waals surface area contributed by atoms with E-state index in [0.717, 1.165) is 49.6 Å². The molecule has 0 bridgehead atoms. The lowest BCUT2D eigenvalue weighted by Gasteiger charge is -2.22. The maximum Gasteiger partial charge on any atom is 0.196 e. The van der Waals surface area contributed by atoms with Crippen LogP contribution < -0.4 is 20.1 Å². The Labute approximate surface area is 214 Å². The van der Waals surface area contributed by atoms with Crippen LogP contribution in [0.2, 0.25) is 0 Å². The summed E-state index contributed by atoms with van der Waals surface area (Å²) >= 11 is 0. The number of halogens is 1. The summed E-state index contributed by atoms with van der Waals surface area (Å²) in [4.78, 5) is 4.72. The second kappa shape index (κ2) is 15.0. The monoisotopic (exact) mass is 569 g/mol. The quantitative estimate of drug-likeness (QED) is 0.239. The second-order valence-electron chi connectivity index (χ2n) is 7.56. The van der Waals surface area contributed by atoms with Gasteiger partial charge in [-0.15, -0.1) is 24.0 Å². The Morgan fingerprint density at radius 3 is 2.42 bits per heavy atom. The molecule has 2 aromatic rings. The van der Waals surface area contributed by atoms with Crippen LogP contribution in [0.5, 0.6) is 11.5 Å². The van der Waals surface area contributed by atoms with Gasteiger partial charge >= 0.3 is 0 Å². The van der Waals surface area contributed by atoms with Crippen molar-refractivity contribution in [3.63, 3.8) is 0 Å². The molecule has 0 unspecified atom stereocenters. The Balaban J connectivity index is 0.00000385. The van der Waals surface area contributed by atoms with E-state index in [1.165, 1.54) is 5.56 Å². The summed E-state index contributed by atoms with van der Waals surface area (Å²) in [5, 5.41) is 6.62. The van der Waals surface area contributed by atoms with E-state index in [4.69, 9.17) is 23.9 Å². The van der Waals surface area contributed by atoms with Crippen LogP contribution in [0.4, 0.5) is 5.69 Å². The van der Waals surface area contributed by atoms with Crippen LogP contribution >= 0.6 is 24.0 Å². The lowest BCUT2D eigenvalue weighted by Crippen LogP contribution is -2.30. The van der Waals surface area contributed by atoms with Crippen molar-refractivity contribution in [2.75, 3.05) is 38.8 Å². The number of nitrogens with one attached hydrogen (secondary N) is 2. The lowest BCUT2D eigenvalue weighted by atomic mass is 10.1. The number of hydrogen-bond acceptors (Lipinski definition) is 5. The van der Waals surface area contributed by atoms with E-state index >= 15 is 0 Å². The minimum absolute atomic E-state index is 0. The molecule has 8 heteroatoms. The molecule has 1 fully saturated rings. The molecule has 7 nitrogen and oxygen atoms in total. The van der Waals surface area contributed by atoms with Crippen LogP contribution in [0.25, 0.3) is 0 Å². The predicted octanol–water partition coefficient (Wildman–Crippen LogP) is 4.99. The van der Waals surface area contributed by atoms with E-state index in [-0.39, 0.29) is 24.0 Å². The van der Waals surface area contributed by atoms with Crippen molar-refractivity contribution in [1.29, 1.82) is 0 Å². The summed E-state index contributed by atoms with van der Waals surface area (Å²) in [7, 11) is 1.64. The first-order valence-corrected chi connectivity index (χ1v) is 11.3. The molecule has 182 valence electrons. The molecule has 0 amide bonds. The summed E-state index contributed by atoms with van der Waals surface area (Å²) in [6.45, 7) is 8.16. The minimum atomic E-state index is 0. The van der Waals surface area contributed by atoms with Gasteiger partial charge in [-0.3, -0.25) is 0 Å². The standard InChI is InChI=1S/C25H35N3O4.HI/c1-4-26-25(28-21-10-11-23(31-5-2)24(16-21)29-3)27-17-19-6-8-20(9-7-19)18-32-22-12-14-30-15-13-22;/h6-11,16,22H,4-5,12-15,17-18H2,1-3H3,(H2,26,27,28);1H. The van der Waals surface area contributed by atoms with Gasteiger partial charge in [0.25, 0.3) is 0 Å². The van der Waals surface area contributed by atoms with Crippen LogP contribution in [0, 0.1) is 0 Å². The molecule has 1 heterocycles. The van der Waals surface area contributed by atoms with Crippen molar-refractivity contribution in [3.05, 3.63) is 53.6 Å². The number of ether oxygens (including phenoxy) is 4. The normalized spacial score (nSPS) is 14.3. The lowest BCUT2D eigenvalue weighted by molar-refractivity contribution is -0.0390. The number of hydrogen-bond donors (Lipinski definition) is 2. The van der Waals surface area contributed by atoms with E-state index in [9.17, 15) is 0 Å². The van der Waals surface area contributed by atoms with E-state index < -0.39 is 0 Å². The Morgan fingerprint density at radius 1 is 1.03 bits per heavy atom. The number of anilines is 1. The molecule has 2 aromatic carbocycles. The first kappa shape index (κ1) is 27.2. The van der Waals surface area contributed by atoms with Crippen molar-refractivity contribution in [2.45, 2.75) is 45.9 Å². The fraction of sp³-hybridized carbons (Fsp3) is 0.480. The maximum absolute atomic E-state index is 6.00. The first-order valence-electron chi connectivity index (χ1n) is 11.3. The predicted molar refractivity (Wildman–Crippen MR) is 143 cm³/mol. The van der Waals surface area contributed by atoms with Gasteiger partial charge in [0.1, 0.15) is 0 Å². The van der Waals surface area contributed by atoms with Crippen molar-refractivity contribution >= 4 is 35.6 Å². The smallest absolute Gasteiger partial charge is 0.196 e. The number of benzene rings is 2. The van der Waals surface area contributed by atoms with E-state index in [1.807, 2.05) is 32.0 Å². The van der Waals surface area contributed by atoms with Gasteiger partial charge in [-0.2, -0.15) is 0 Å². The topological polar surface area (TPSA) is 73.3 Å². The summed E-state index contributed by atoms with van der Waals surface area (Å²) in [5.41, 5.74) is 3.20. The maximum atomic E-state index is 6.00. The largest absolute Gasteiger partial charge is 0.493 e. The number of aliphatic imine (C=N–C) groups is 1. The van der Waals surface area contributed by atoms with Gasteiger partial charge in [-0.05, 0) is 49.9 Å². The fourth-order valence-electron chi connectivity index (χ4n) is 3.43. The summed E-state index contributed by atoms with van der Waals surface area (Å²) in [6.07, 6.45) is 2.27. The van der Waals surface area contributed by atoms with Crippen LogP contribution in [0.15, 0.2) is 47.5 Å². The van der Waals surface area contributed by atoms with E-state index in [0.29, 0.717) is 37.6 Å². The number of nitrogens with zero attached hydrogens (tertiary/aromatic N) is 1. The van der Waals surface area contributed by atoms with Crippen molar-refractivity contribution in [1.82, 2.24) is 5.32 Å². The molecule has 1 saturated heterocycles. The summed E-state index contributed by atoms with van der Waals surface area (Å²) in [5.74, 6) is 2.13. The van der Waals surface area contributed by atoms with Crippen molar-refractivity contribution < 1.29 is 18.9 Å². The molecule has 0 radical (unpaired) electrons. The molecule has 33 heavy (non-hydrogen) atoms. The number of guanidine groups is 1.